The second kappa shape index (κ2) is 4.55. The summed E-state index contributed by atoms with van der Waals surface area (Å²) in [6.07, 6.45) is 12.8. The van der Waals surface area contributed by atoms with Gasteiger partial charge >= 0.3 is 0 Å². The van der Waals surface area contributed by atoms with Crippen LogP contribution in [0.4, 0.5) is 0 Å². The predicted octanol–water partition coefficient (Wildman–Crippen LogP) is 4.34. The molecule has 5 rings (SSSR count). The van der Waals surface area contributed by atoms with E-state index in [0.29, 0.717) is 11.3 Å². The van der Waals surface area contributed by atoms with Gasteiger partial charge in [-0.2, -0.15) is 5.10 Å². The van der Waals surface area contributed by atoms with Crippen LogP contribution >= 0.6 is 0 Å². The Kier molecular flexibility index (Phi) is 2.88. The number of aromatic amines is 1. The first-order chi connectivity index (χ1) is 11.4. The highest BCUT2D eigenvalue weighted by molar-refractivity contribution is 5.58. The van der Waals surface area contributed by atoms with Crippen molar-refractivity contribution in [1.29, 1.82) is 0 Å². The second-order valence-corrected chi connectivity index (χ2v) is 9.76. The third-order valence-electron chi connectivity index (χ3n) is 8.93. The molecule has 4 aliphatic rings. The predicted molar refractivity (Wildman–Crippen MR) is 95.3 cm³/mol. The number of rotatable bonds is 0. The normalized spacial score (nSPS) is 49.7. The summed E-state index contributed by atoms with van der Waals surface area (Å²) in [6.45, 7) is 6.99. The summed E-state index contributed by atoms with van der Waals surface area (Å²) < 4.78 is 0. The molecule has 1 aromatic rings. The number of H-pyrrole nitrogens is 1. The Bertz CT molecular complexity index is 717. The maximum absolute atomic E-state index is 11.0. The van der Waals surface area contributed by atoms with Crippen LogP contribution in [0.2, 0.25) is 0 Å². The number of nitrogens with one attached hydrogen (secondary N) is 1. The number of fused-ring (bicyclic) bond motifs is 6. The van der Waals surface area contributed by atoms with Gasteiger partial charge in [0.1, 0.15) is 0 Å². The van der Waals surface area contributed by atoms with Crippen LogP contribution in [-0.4, -0.2) is 20.9 Å². The zero-order valence-electron chi connectivity index (χ0n) is 15.2. The third-order valence-corrected chi connectivity index (χ3v) is 8.93. The molecule has 4 aliphatic carbocycles. The number of hydrogen-bond donors (Lipinski definition) is 2. The molecule has 1 heterocycles. The number of nitrogens with zero attached hydrogens (tertiary/aromatic N) is 1. The van der Waals surface area contributed by atoms with Crippen molar-refractivity contribution < 1.29 is 5.11 Å². The Balaban J connectivity index is 1.53. The van der Waals surface area contributed by atoms with E-state index in [1.165, 1.54) is 43.4 Å². The molecule has 0 aliphatic heterocycles. The van der Waals surface area contributed by atoms with Gasteiger partial charge in [0.2, 0.25) is 0 Å². The summed E-state index contributed by atoms with van der Waals surface area (Å²) in [4.78, 5) is 0. The van der Waals surface area contributed by atoms with Crippen LogP contribution in [0.1, 0.15) is 70.6 Å². The zero-order valence-corrected chi connectivity index (χ0v) is 15.2. The summed E-state index contributed by atoms with van der Waals surface area (Å²) >= 11 is 0. The monoisotopic (exact) mass is 326 g/mol. The van der Waals surface area contributed by atoms with Gasteiger partial charge in [0.25, 0.3) is 0 Å². The summed E-state index contributed by atoms with van der Waals surface area (Å²) in [5, 5.41) is 18.5. The van der Waals surface area contributed by atoms with Crippen LogP contribution in [0, 0.1) is 28.6 Å². The van der Waals surface area contributed by atoms with Crippen LogP contribution in [0.25, 0.3) is 6.08 Å². The molecular weight excluding hydrogens is 296 g/mol. The van der Waals surface area contributed by atoms with Gasteiger partial charge in [-0.15, -0.1) is 0 Å². The van der Waals surface area contributed by atoms with E-state index in [0.717, 1.165) is 24.7 Å². The average molecular weight is 326 g/mol. The van der Waals surface area contributed by atoms with Crippen LogP contribution in [0.15, 0.2) is 11.8 Å². The molecule has 24 heavy (non-hydrogen) atoms. The van der Waals surface area contributed by atoms with Gasteiger partial charge < -0.3 is 5.11 Å². The van der Waals surface area contributed by atoms with E-state index in [2.05, 4.69) is 37.0 Å². The van der Waals surface area contributed by atoms with Crippen molar-refractivity contribution in [3.05, 3.63) is 23.0 Å². The maximum atomic E-state index is 11.0. The molecule has 3 fully saturated rings. The van der Waals surface area contributed by atoms with E-state index in [9.17, 15) is 5.11 Å². The molecule has 0 aromatic carbocycles. The topological polar surface area (TPSA) is 48.9 Å². The number of aromatic nitrogens is 2. The quantitative estimate of drug-likeness (QED) is 0.745. The van der Waals surface area contributed by atoms with Crippen LogP contribution in [0.5, 0.6) is 0 Å². The third kappa shape index (κ3) is 1.70. The van der Waals surface area contributed by atoms with Crippen LogP contribution in [0.3, 0.4) is 0 Å². The molecule has 0 radical (unpaired) electrons. The van der Waals surface area contributed by atoms with Crippen molar-refractivity contribution in [2.45, 2.75) is 71.3 Å². The van der Waals surface area contributed by atoms with E-state index in [-0.39, 0.29) is 5.41 Å². The molecule has 3 saturated carbocycles. The van der Waals surface area contributed by atoms with Gasteiger partial charge in [-0.25, -0.2) is 0 Å². The van der Waals surface area contributed by atoms with E-state index >= 15 is 0 Å². The smallest absolute Gasteiger partial charge is 0.0675 e. The van der Waals surface area contributed by atoms with Gasteiger partial charge in [0.05, 0.1) is 17.5 Å². The summed E-state index contributed by atoms with van der Waals surface area (Å²) in [6, 6.07) is 0. The largest absolute Gasteiger partial charge is 0.390 e. The first-order valence-corrected chi connectivity index (χ1v) is 9.81. The Hall–Kier alpha value is -1.09. The molecule has 0 bridgehead atoms. The fourth-order valence-corrected chi connectivity index (χ4v) is 7.21. The Morgan fingerprint density at radius 3 is 2.75 bits per heavy atom. The average Bonchev–Trinajstić information content (AvgIpc) is 3.06. The highest BCUT2D eigenvalue weighted by Gasteiger charge is 2.62. The van der Waals surface area contributed by atoms with Crippen molar-refractivity contribution in [3.8, 4) is 0 Å². The standard InChI is InChI=1S/C21H30N2O/c1-19-11-13-12-22-23-18(13)10-14(19)4-5-15-16(19)6-8-20(2)17(15)7-9-21(20,3)24/h10,12,15-17,24H,4-9,11H2,1-3H3,(H,22,23)/t15?,16?,17?,19-,20-,21-/m0/s1. The van der Waals surface area contributed by atoms with Crippen molar-refractivity contribution in [2.75, 3.05) is 0 Å². The highest BCUT2D eigenvalue weighted by atomic mass is 16.3. The van der Waals surface area contributed by atoms with E-state index < -0.39 is 5.60 Å². The minimum Gasteiger partial charge on any atom is -0.390 e. The molecule has 0 saturated heterocycles. The van der Waals surface area contributed by atoms with Crippen LogP contribution in [-0.2, 0) is 6.42 Å². The number of allylic oxidation sites excluding steroid dienone is 1. The molecule has 3 nitrogen and oxygen atoms in total. The Labute approximate surface area is 144 Å². The molecule has 3 heteroatoms. The Morgan fingerprint density at radius 2 is 1.92 bits per heavy atom. The van der Waals surface area contributed by atoms with Crippen molar-refractivity contribution in [2.24, 2.45) is 28.6 Å². The lowest BCUT2D eigenvalue weighted by Gasteiger charge is -2.58. The molecule has 130 valence electrons. The lowest BCUT2D eigenvalue weighted by Crippen LogP contribution is -2.54. The van der Waals surface area contributed by atoms with Crippen molar-refractivity contribution in [3.63, 3.8) is 0 Å². The molecule has 0 spiro atoms. The lowest BCUT2D eigenvalue weighted by atomic mass is 9.46. The first-order valence-electron chi connectivity index (χ1n) is 9.81. The summed E-state index contributed by atoms with van der Waals surface area (Å²) in [7, 11) is 0. The fourth-order valence-electron chi connectivity index (χ4n) is 7.21. The molecule has 3 unspecified atom stereocenters. The number of aliphatic hydroxyl groups is 1. The fraction of sp³-hybridized carbons (Fsp3) is 0.762. The molecule has 6 atom stereocenters. The van der Waals surface area contributed by atoms with Crippen LogP contribution < -0.4 is 0 Å². The maximum Gasteiger partial charge on any atom is 0.0675 e. The van der Waals surface area contributed by atoms with Crippen molar-refractivity contribution >= 4 is 6.08 Å². The summed E-state index contributed by atoms with van der Waals surface area (Å²) in [5.74, 6) is 2.26. The van der Waals surface area contributed by atoms with Gasteiger partial charge in [0.15, 0.2) is 0 Å². The molecule has 0 amide bonds. The molecular formula is C21H30N2O. The van der Waals surface area contributed by atoms with E-state index in [1.54, 1.807) is 5.57 Å². The Morgan fingerprint density at radius 1 is 1.12 bits per heavy atom. The zero-order chi connectivity index (χ0) is 16.7. The van der Waals surface area contributed by atoms with E-state index in [4.69, 9.17) is 0 Å². The van der Waals surface area contributed by atoms with Crippen molar-refractivity contribution in [1.82, 2.24) is 10.2 Å². The van der Waals surface area contributed by atoms with Gasteiger partial charge in [0, 0.05) is 0 Å². The lowest BCUT2D eigenvalue weighted by molar-refractivity contribution is -0.116. The number of hydrogen-bond acceptors (Lipinski definition) is 2. The van der Waals surface area contributed by atoms with Gasteiger partial charge in [-0.3, -0.25) is 5.10 Å². The molecule has 2 N–H and O–H groups in total. The highest BCUT2D eigenvalue weighted by Crippen LogP contribution is 2.67. The van der Waals surface area contributed by atoms with Gasteiger partial charge in [-0.05, 0) is 92.1 Å². The van der Waals surface area contributed by atoms with Gasteiger partial charge in [-0.1, -0.05) is 19.4 Å². The van der Waals surface area contributed by atoms with E-state index in [1.807, 2.05) is 6.20 Å². The minimum atomic E-state index is -0.468. The second-order valence-electron chi connectivity index (χ2n) is 9.76. The SMILES string of the molecule is C[C@]12Cc3cn[nH]c3C=C1CCC1C2CC[C@@]2(C)C1CC[C@]2(C)O. The molecule has 1 aromatic heterocycles. The minimum absolute atomic E-state index is 0.126. The first kappa shape index (κ1) is 15.2. The summed E-state index contributed by atoms with van der Waals surface area (Å²) in [5.41, 5.74) is 4.24.